The van der Waals surface area contributed by atoms with E-state index in [9.17, 15) is 18.9 Å². The van der Waals surface area contributed by atoms with Crippen molar-refractivity contribution in [3.8, 4) is 0 Å². The summed E-state index contributed by atoms with van der Waals surface area (Å²) in [6.45, 7) is 1.79. The topological polar surface area (TPSA) is 58.4 Å². The minimum atomic E-state index is -0.774. The van der Waals surface area contributed by atoms with E-state index in [1.54, 1.807) is 4.90 Å². The van der Waals surface area contributed by atoms with E-state index in [-0.39, 0.29) is 36.1 Å². The summed E-state index contributed by atoms with van der Waals surface area (Å²) >= 11 is 0. The van der Waals surface area contributed by atoms with Crippen LogP contribution >= 0.6 is 24.8 Å². The molecule has 1 saturated heterocycles. The molecule has 1 aliphatic rings. The molecule has 1 fully saturated rings. The van der Waals surface area contributed by atoms with Gasteiger partial charge in [-0.2, -0.15) is 0 Å². The first kappa shape index (κ1) is 20.0. The number of alkyl halides is 1. The summed E-state index contributed by atoms with van der Waals surface area (Å²) < 4.78 is 26.6. The van der Waals surface area contributed by atoms with Crippen molar-refractivity contribution in [1.82, 2.24) is 10.2 Å². The molecule has 1 N–H and O–H groups in total. The number of piperazine rings is 1. The van der Waals surface area contributed by atoms with E-state index in [4.69, 9.17) is 0 Å². The Morgan fingerprint density at radius 1 is 1.33 bits per heavy atom. The van der Waals surface area contributed by atoms with Crippen molar-refractivity contribution < 1.29 is 13.7 Å². The van der Waals surface area contributed by atoms with E-state index in [1.165, 1.54) is 0 Å². The van der Waals surface area contributed by atoms with Gasteiger partial charge in [0.25, 0.3) is 5.69 Å². The third kappa shape index (κ3) is 4.74. The Hall–Kier alpha value is -1.02. The Morgan fingerprint density at radius 2 is 1.95 bits per heavy atom. The predicted molar refractivity (Wildman–Crippen MR) is 80.7 cm³/mol. The van der Waals surface area contributed by atoms with Gasteiger partial charge in [-0.15, -0.1) is 24.8 Å². The fraction of sp³-hybridized carbons (Fsp3) is 0.500. The molecular weight excluding hydrogens is 327 g/mol. The summed E-state index contributed by atoms with van der Waals surface area (Å²) in [6, 6.07) is 2.41. The minimum Gasteiger partial charge on any atom is -0.314 e. The lowest BCUT2D eigenvalue weighted by Crippen LogP contribution is -2.45. The van der Waals surface area contributed by atoms with Crippen molar-refractivity contribution >= 4 is 30.5 Å². The largest absolute Gasteiger partial charge is 0.314 e. The van der Waals surface area contributed by atoms with Gasteiger partial charge in [0.2, 0.25) is 0 Å². The number of halogens is 4. The maximum Gasteiger partial charge on any atom is 0.274 e. The highest BCUT2D eigenvalue weighted by molar-refractivity contribution is 5.85. The monoisotopic (exact) mass is 343 g/mol. The third-order valence-corrected chi connectivity index (χ3v) is 3.28. The first-order valence-corrected chi connectivity index (χ1v) is 6.08. The molecule has 1 aromatic carbocycles. The van der Waals surface area contributed by atoms with Crippen LogP contribution in [0.3, 0.4) is 0 Å². The van der Waals surface area contributed by atoms with Gasteiger partial charge < -0.3 is 5.32 Å². The van der Waals surface area contributed by atoms with Gasteiger partial charge in [-0.1, -0.05) is 0 Å². The summed E-state index contributed by atoms with van der Waals surface area (Å²) in [4.78, 5) is 12.2. The maximum atomic E-state index is 13.3. The second-order valence-electron chi connectivity index (χ2n) is 4.42. The van der Waals surface area contributed by atoms with Crippen molar-refractivity contribution in [3.05, 3.63) is 39.7 Å². The lowest BCUT2D eigenvalue weighted by atomic mass is 10.0. The van der Waals surface area contributed by atoms with E-state index in [1.807, 2.05) is 0 Å². The van der Waals surface area contributed by atoms with Crippen LogP contribution < -0.4 is 5.32 Å². The van der Waals surface area contributed by atoms with Crippen LogP contribution in [0.25, 0.3) is 0 Å². The number of rotatable bonds is 4. The zero-order chi connectivity index (χ0) is 13.8. The Kier molecular flexibility index (Phi) is 8.65. The summed E-state index contributed by atoms with van der Waals surface area (Å²) in [6.07, 6.45) is 0. The van der Waals surface area contributed by atoms with Gasteiger partial charge in [-0.25, -0.2) is 8.78 Å². The van der Waals surface area contributed by atoms with Crippen LogP contribution in [0.4, 0.5) is 14.5 Å². The number of nitro groups is 1. The number of nitrogens with zero attached hydrogens (tertiary/aromatic N) is 2. The highest BCUT2D eigenvalue weighted by Crippen LogP contribution is 2.30. The normalized spacial score (nSPS) is 16.5. The average Bonchev–Trinajstić information content (AvgIpc) is 2.40. The Bertz CT molecular complexity index is 474. The molecule has 0 spiro atoms. The molecule has 0 unspecified atom stereocenters. The van der Waals surface area contributed by atoms with E-state index >= 15 is 0 Å². The van der Waals surface area contributed by atoms with Gasteiger partial charge in [-0.3, -0.25) is 15.0 Å². The second kappa shape index (κ2) is 9.09. The quantitative estimate of drug-likeness (QED) is 0.674. The van der Waals surface area contributed by atoms with Crippen LogP contribution in [-0.2, 0) is 0 Å². The summed E-state index contributed by atoms with van der Waals surface area (Å²) in [5.74, 6) is -0.589. The molecule has 1 atom stereocenters. The molecule has 21 heavy (non-hydrogen) atoms. The first-order valence-electron chi connectivity index (χ1n) is 6.08. The molecule has 1 aromatic rings. The number of benzene rings is 1. The molecule has 120 valence electrons. The SMILES string of the molecule is Cl.Cl.O=[N+]([O-])c1ccc(F)cc1[C@H](CF)N1CCNCC1. The summed E-state index contributed by atoms with van der Waals surface area (Å²) in [7, 11) is 0. The average molecular weight is 344 g/mol. The van der Waals surface area contributed by atoms with E-state index in [0.717, 1.165) is 18.2 Å². The van der Waals surface area contributed by atoms with Gasteiger partial charge >= 0.3 is 0 Å². The molecule has 9 heteroatoms. The van der Waals surface area contributed by atoms with Crippen LogP contribution in [0.2, 0.25) is 0 Å². The Morgan fingerprint density at radius 3 is 2.48 bits per heavy atom. The van der Waals surface area contributed by atoms with E-state index in [0.29, 0.717) is 26.2 Å². The molecular formula is C12H17Cl2F2N3O2. The number of nitro benzene ring substituents is 1. The fourth-order valence-electron chi connectivity index (χ4n) is 2.33. The molecule has 0 amide bonds. The standard InChI is InChI=1S/C12H15F2N3O2.2ClH/c13-8-12(16-5-3-15-4-6-16)10-7-9(14)1-2-11(10)17(18)19;;/h1-2,7,12,15H,3-6,8H2;2*1H/t12-;;/m0../s1. The molecule has 0 saturated carbocycles. The van der Waals surface area contributed by atoms with Crippen LogP contribution in [0.15, 0.2) is 18.2 Å². The number of hydrogen-bond donors (Lipinski definition) is 1. The zero-order valence-corrected chi connectivity index (χ0v) is 12.8. The van der Waals surface area contributed by atoms with Crippen LogP contribution in [0.1, 0.15) is 11.6 Å². The van der Waals surface area contributed by atoms with E-state index < -0.39 is 23.5 Å². The van der Waals surface area contributed by atoms with Crippen molar-refractivity contribution in [3.63, 3.8) is 0 Å². The highest BCUT2D eigenvalue weighted by atomic mass is 35.5. The predicted octanol–water partition coefficient (Wildman–Crippen LogP) is 2.49. The number of nitrogens with one attached hydrogen (secondary N) is 1. The molecule has 5 nitrogen and oxygen atoms in total. The van der Waals surface area contributed by atoms with Crippen molar-refractivity contribution in [2.24, 2.45) is 0 Å². The molecule has 1 heterocycles. The lowest BCUT2D eigenvalue weighted by molar-refractivity contribution is -0.386. The van der Waals surface area contributed by atoms with Gasteiger partial charge in [0.15, 0.2) is 0 Å². The maximum absolute atomic E-state index is 13.3. The smallest absolute Gasteiger partial charge is 0.274 e. The van der Waals surface area contributed by atoms with Crippen molar-refractivity contribution in [2.45, 2.75) is 6.04 Å². The summed E-state index contributed by atoms with van der Waals surface area (Å²) in [5.41, 5.74) is -0.128. The molecule has 0 radical (unpaired) electrons. The van der Waals surface area contributed by atoms with Gasteiger partial charge in [0.05, 0.1) is 16.5 Å². The van der Waals surface area contributed by atoms with Crippen LogP contribution in [-0.4, -0.2) is 42.7 Å². The van der Waals surface area contributed by atoms with Gasteiger partial charge in [-0.05, 0) is 12.1 Å². The molecule has 0 aliphatic carbocycles. The first-order chi connectivity index (χ1) is 9.13. The third-order valence-electron chi connectivity index (χ3n) is 3.28. The summed E-state index contributed by atoms with van der Waals surface area (Å²) in [5, 5.41) is 14.1. The lowest BCUT2D eigenvalue weighted by Gasteiger charge is -2.33. The minimum absolute atomic E-state index is 0. The van der Waals surface area contributed by atoms with Gasteiger partial charge in [0, 0.05) is 32.2 Å². The number of hydrogen-bond acceptors (Lipinski definition) is 4. The zero-order valence-electron chi connectivity index (χ0n) is 11.1. The molecule has 0 bridgehead atoms. The van der Waals surface area contributed by atoms with Gasteiger partial charge in [0.1, 0.15) is 12.5 Å². The fourth-order valence-corrected chi connectivity index (χ4v) is 2.33. The Labute approximate surface area is 133 Å². The van der Waals surface area contributed by atoms with Crippen LogP contribution in [0.5, 0.6) is 0 Å². The van der Waals surface area contributed by atoms with Crippen molar-refractivity contribution in [2.75, 3.05) is 32.9 Å². The Balaban J connectivity index is 0.00000200. The van der Waals surface area contributed by atoms with Crippen molar-refractivity contribution in [1.29, 1.82) is 0 Å². The van der Waals surface area contributed by atoms with E-state index in [2.05, 4.69) is 5.32 Å². The molecule has 0 aromatic heterocycles. The molecule has 1 aliphatic heterocycles. The highest BCUT2D eigenvalue weighted by Gasteiger charge is 2.28. The van der Waals surface area contributed by atoms with Crippen LogP contribution in [0, 0.1) is 15.9 Å². The second-order valence-corrected chi connectivity index (χ2v) is 4.42. The molecule has 2 rings (SSSR count).